The van der Waals surface area contributed by atoms with Crippen LogP contribution >= 0.6 is 0 Å². The molecule has 0 unspecified atom stereocenters. The van der Waals surface area contributed by atoms with Crippen molar-refractivity contribution in [3.8, 4) is 11.3 Å². The van der Waals surface area contributed by atoms with Gasteiger partial charge >= 0.3 is 0 Å². The highest BCUT2D eigenvalue weighted by Crippen LogP contribution is 2.36. The molecule has 0 atom stereocenters. The standard InChI is InChI=1S/C22H24NOSi/c1-15-10-11-18-17-8-6-7-9-20(17)24-22(18)21(15)19-14-16(25(3,4)5)12-13-23(19)2/h6-14H,1-5H3/q+1. The van der Waals surface area contributed by atoms with Gasteiger partial charge in [-0.05, 0) is 23.7 Å². The number of furan rings is 1. The van der Waals surface area contributed by atoms with E-state index in [1.807, 2.05) is 12.1 Å². The minimum absolute atomic E-state index is 0.952. The van der Waals surface area contributed by atoms with Crippen molar-refractivity contribution in [3.05, 3.63) is 60.3 Å². The predicted octanol–water partition coefficient (Wildman–Crippen LogP) is 4.93. The summed E-state index contributed by atoms with van der Waals surface area (Å²) in [5, 5.41) is 3.84. The first kappa shape index (κ1) is 16.1. The zero-order chi connectivity index (χ0) is 17.8. The molecule has 25 heavy (non-hydrogen) atoms. The molecule has 2 aromatic carbocycles. The SMILES string of the molecule is Cc1ccc2c(oc3ccccc32)c1-c1cc([Si](C)(C)C)cc[n+]1C. The van der Waals surface area contributed by atoms with E-state index in [1.165, 1.54) is 32.8 Å². The number of fused-ring (bicyclic) bond motifs is 3. The van der Waals surface area contributed by atoms with E-state index in [0.29, 0.717) is 0 Å². The lowest BCUT2D eigenvalue weighted by atomic mass is 10.0. The average Bonchev–Trinajstić information content (AvgIpc) is 2.93. The van der Waals surface area contributed by atoms with Crippen LogP contribution in [0.5, 0.6) is 0 Å². The van der Waals surface area contributed by atoms with Crippen molar-refractivity contribution in [2.75, 3.05) is 0 Å². The Morgan fingerprint density at radius 3 is 2.44 bits per heavy atom. The summed E-state index contributed by atoms with van der Waals surface area (Å²) in [4.78, 5) is 0. The lowest BCUT2D eigenvalue weighted by Crippen LogP contribution is -2.42. The fraction of sp³-hybridized carbons (Fsp3) is 0.227. The molecule has 0 saturated heterocycles. The predicted molar refractivity (Wildman–Crippen MR) is 108 cm³/mol. The summed E-state index contributed by atoms with van der Waals surface area (Å²) in [7, 11) is 0.734. The largest absolute Gasteiger partial charge is 0.455 e. The van der Waals surface area contributed by atoms with E-state index in [0.717, 1.165) is 11.2 Å². The van der Waals surface area contributed by atoms with E-state index >= 15 is 0 Å². The molecule has 4 rings (SSSR count). The molecule has 0 spiro atoms. The second-order valence-corrected chi connectivity index (χ2v) is 13.0. The summed E-state index contributed by atoms with van der Waals surface area (Å²) in [6.07, 6.45) is 2.18. The maximum Gasteiger partial charge on any atom is 0.216 e. The average molecular weight is 347 g/mol. The first-order valence-corrected chi connectivity index (χ1v) is 12.3. The van der Waals surface area contributed by atoms with Crippen LogP contribution in [0.1, 0.15) is 5.56 Å². The number of rotatable bonds is 2. The van der Waals surface area contributed by atoms with Gasteiger partial charge in [0, 0.05) is 22.9 Å². The Morgan fingerprint density at radius 1 is 0.920 bits per heavy atom. The molecule has 0 fully saturated rings. The number of hydrogen-bond acceptors (Lipinski definition) is 1. The van der Waals surface area contributed by atoms with E-state index in [-0.39, 0.29) is 0 Å². The number of pyridine rings is 1. The van der Waals surface area contributed by atoms with Gasteiger partial charge in [-0.15, -0.1) is 0 Å². The van der Waals surface area contributed by atoms with Crippen molar-refractivity contribution >= 4 is 35.2 Å². The van der Waals surface area contributed by atoms with Crippen LogP contribution in [0.3, 0.4) is 0 Å². The van der Waals surface area contributed by atoms with Crippen LogP contribution in [0, 0.1) is 6.92 Å². The molecule has 3 heteroatoms. The number of benzene rings is 2. The van der Waals surface area contributed by atoms with Crippen molar-refractivity contribution in [3.63, 3.8) is 0 Å². The van der Waals surface area contributed by atoms with Crippen molar-refractivity contribution in [2.45, 2.75) is 26.6 Å². The Kier molecular flexibility index (Phi) is 3.58. The lowest BCUT2D eigenvalue weighted by molar-refractivity contribution is -0.660. The normalized spacial score (nSPS) is 12.2. The highest BCUT2D eigenvalue weighted by atomic mass is 28.3. The number of nitrogens with zero attached hydrogens (tertiary/aromatic N) is 1. The highest BCUT2D eigenvalue weighted by molar-refractivity contribution is 6.88. The fourth-order valence-electron chi connectivity index (χ4n) is 3.49. The van der Waals surface area contributed by atoms with Crippen LogP contribution in [0.2, 0.25) is 19.6 Å². The zero-order valence-electron chi connectivity index (χ0n) is 15.6. The molecule has 2 aromatic heterocycles. The van der Waals surface area contributed by atoms with Gasteiger partial charge in [0.1, 0.15) is 18.2 Å². The van der Waals surface area contributed by atoms with Gasteiger partial charge in [0.15, 0.2) is 6.20 Å². The van der Waals surface area contributed by atoms with Gasteiger partial charge in [-0.3, -0.25) is 0 Å². The van der Waals surface area contributed by atoms with Crippen LogP contribution in [0.25, 0.3) is 33.2 Å². The summed E-state index contributed by atoms with van der Waals surface area (Å²) >= 11 is 0. The molecular formula is C22H24NOSi+. The highest BCUT2D eigenvalue weighted by Gasteiger charge is 2.24. The van der Waals surface area contributed by atoms with Crippen LogP contribution in [0.15, 0.2) is 59.1 Å². The van der Waals surface area contributed by atoms with Crippen LogP contribution < -0.4 is 9.75 Å². The molecule has 2 heterocycles. The maximum absolute atomic E-state index is 6.30. The molecule has 0 aliphatic heterocycles. The maximum atomic E-state index is 6.30. The van der Waals surface area contributed by atoms with E-state index < -0.39 is 8.07 Å². The molecule has 4 aromatic rings. The number of para-hydroxylation sites is 1. The van der Waals surface area contributed by atoms with E-state index in [4.69, 9.17) is 4.42 Å². The molecule has 0 saturated carbocycles. The van der Waals surface area contributed by atoms with Crippen molar-refractivity contribution < 1.29 is 8.98 Å². The summed E-state index contributed by atoms with van der Waals surface area (Å²) in [6, 6.07) is 17.3. The van der Waals surface area contributed by atoms with E-state index in [9.17, 15) is 0 Å². The Balaban J connectivity index is 2.09. The minimum atomic E-state index is -1.38. The summed E-state index contributed by atoms with van der Waals surface area (Å²) < 4.78 is 8.50. The second kappa shape index (κ2) is 5.56. The molecule has 126 valence electrons. The molecule has 0 radical (unpaired) electrons. The zero-order valence-corrected chi connectivity index (χ0v) is 16.6. The van der Waals surface area contributed by atoms with Gasteiger partial charge in [-0.2, -0.15) is 0 Å². The summed E-state index contributed by atoms with van der Waals surface area (Å²) in [5.41, 5.74) is 5.62. The van der Waals surface area contributed by atoms with Crippen molar-refractivity contribution in [1.29, 1.82) is 0 Å². The molecule has 0 amide bonds. The van der Waals surface area contributed by atoms with Gasteiger partial charge in [0.2, 0.25) is 5.69 Å². The van der Waals surface area contributed by atoms with E-state index in [1.54, 1.807) is 0 Å². The monoisotopic (exact) mass is 346 g/mol. The second-order valence-electron chi connectivity index (χ2n) is 7.89. The van der Waals surface area contributed by atoms with Gasteiger partial charge in [0.25, 0.3) is 0 Å². The first-order valence-electron chi connectivity index (χ1n) is 8.77. The topological polar surface area (TPSA) is 17.0 Å². The summed E-state index contributed by atoms with van der Waals surface area (Å²) in [6.45, 7) is 9.34. The van der Waals surface area contributed by atoms with Crippen LogP contribution in [-0.4, -0.2) is 8.07 Å². The quantitative estimate of drug-likeness (QED) is 0.371. The number of hydrogen-bond donors (Lipinski definition) is 0. The molecule has 0 bridgehead atoms. The Bertz CT molecular complexity index is 1100. The molecule has 2 nitrogen and oxygen atoms in total. The molecule has 0 N–H and O–H groups in total. The Labute approximate surface area is 149 Å². The third-order valence-corrected chi connectivity index (χ3v) is 7.07. The van der Waals surface area contributed by atoms with Crippen molar-refractivity contribution in [2.24, 2.45) is 7.05 Å². The first-order chi connectivity index (χ1) is 11.9. The van der Waals surface area contributed by atoms with Gasteiger partial charge in [0.05, 0.1) is 13.6 Å². The minimum Gasteiger partial charge on any atom is -0.455 e. The van der Waals surface area contributed by atoms with E-state index in [2.05, 4.69) is 80.8 Å². The van der Waals surface area contributed by atoms with Crippen LogP contribution in [0.4, 0.5) is 0 Å². The fourth-order valence-corrected chi connectivity index (χ4v) is 4.63. The van der Waals surface area contributed by atoms with Crippen LogP contribution in [-0.2, 0) is 7.05 Å². The summed E-state index contributed by atoms with van der Waals surface area (Å²) in [5.74, 6) is 0. The number of aryl methyl sites for hydroxylation is 2. The Hall–Kier alpha value is -2.39. The van der Waals surface area contributed by atoms with Gasteiger partial charge in [-0.25, -0.2) is 4.57 Å². The smallest absolute Gasteiger partial charge is 0.216 e. The lowest BCUT2D eigenvalue weighted by Gasteiger charge is -2.16. The third-order valence-electron chi connectivity index (χ3n) is 5.03. The van der Waals surface area contributed by atoms with Gasteiger partial charge < -0.3 is 4.42 Å². The van der Waals surface area contributed by atoms with Crippen molar-refractivity contribution in [1.82, 2.24) is 0 Å². The molecule has 0 aliphatic rings. The molecular weight excluding hydrogens is 322 g/mol. The molecule has 0 aliphatic carbocycles. The number of aromatic nitrogens is 1. The Morgan fingerprint density at radius 2 is 1.68 bits per heavy atom. The third kappa shape index (κ3) is 2.59. The van der Waals surface area contributed by atoms with Gasteiger partial charge in [-0.1, -0.05) is 50.0 Å².